The highest BCUT2D eigenvalue weighted by atomic mass is 16.2. The van der Waals surface area contributed by atoms with Gasteiger partial charge in [-0.1, -0.05) is 36.4 Å². The maximum atomic E-state index is 12.7. The number of aromatic nitrogens is 2. The summed E-state index contributed by atoms with van der Waals surface area (Å²) in [6.07, 6.45) is 4.40. The van der Waals surface area contributed by atoms with E-state index in [1.165, 1.54) is 11.1 Å². The number of amides is 1. The quantitative estimate of drug-likeness (QED) is 0.737. The van der Waals surface area contributed by atoms with Crippen molar-refractivity contribution in [2.75, 3.05) is 7.05 Å². The third-order valence-corrected chi connectivity index (χ3v) is 5.06. The van der Waals surface area contributed by atoms with E-state index in [1.807, 2.05) is 42.5 Å². The van der Waals surface area contributed by atoms with Gasteiger partial charge in [-0.05, 0) is 36.1 Å². The minimum atomic E-state index is 0.189. The van der Waals surface area contributed by atoms with Crippen LogP contribution in [0, 0.1) is 0 Å². The maximum Gasteiger partial charge on any atom is 0.224 e. The number of fused-ring (bicyclic) bond motifs is 2. The van der Waals surface area contributed by atoms with E-state index in [4.69, 9.17) is 0 Å². The second-order valence-electron chi connectivity index (χ2n) is 6.43. The molecule has 1 aromatic heterocycles. The maximum absolute atomic E-state index is 12.7. The Morgan fingerprint density at radius 1 is 1.21 bits per heavy atom. The summed E-state index contributed by atoms with van der Waals surface area (Å²) in [4.78, 5) is 19.0. The number of hydrogen-bond donors (Lipinski definition) is 0. The Kier molecular flexibility index (Phi) is 3.81. The first-order chi connectivity index (χ1) is 11.7. The van der Waals surface area contributed by atoms with E-state index in [0.717, 1.165) is 23.9 Å². The normalized spacial score (nSPS) is 16.3. The van der Waals surface area contributed by atoms with Crippen LogP contribution in [0.1, 0.15) is 30.0 Å². The lowest BCUT2D eigenvalue weighted by atomic mass is 10.1. The summed E-state index contributed by atoms with van der Waals surface area (Å²) < 4.78 is 2.06. The molecule has 1 heterocycles. The molecule has 0 aliphatic heterocycles. The van der Waals surface area contributed by atoms with E-state index in [9.17, 15) is 4.79 Å². The van der Waals surface area contributed by atoms with Gasteiger partial charge < -0.3 is 9.47 Å². The molecule has 0 radical (unpaired) electrons. The molecule has 0 N–H and O–H groups in total. The number of carbonyl (C=O) groups is 1. The van der Waals surface area contributed by atoms with Gasteiger partial charge in [0.05, 0.1) is 23.4 Å². The summed E-state index contributed by atoms with van der Waals surface area (Å²) in [6, 6.07) is 16.7. The Bertz CT molecular complexity index is 883. The average Bonchev–Trinajstić information content (AvgIpc) is 3.23. The molecule has 0 bridgehead atoms. The van der Waals surface area contributed by atoms with Crippen molar-refractivity contribution >= 4 is 16.9 Å². The number of para-hydroxylation sites is 2. The van der Waals surface area contributed by atoms with Gasteiger partial charge in [0.15, 0.2) is 0 Å². The van der Waals surface area contributed by atoms with E-state index in [0.29, 0.717) is 13.0 Å². The lowest BCUT2D eigenvalue weighted by Crippen LogP contribution is -2.30. The molecule has 2 aromatic carbocycles. The molecular weight excluding hydrogens is 298 g/mol. The van der Waals surface area contributed by atoms with Crippen LogP contribution >= 0.6 is 0 Å². The minimum absolute atomic E-state index is 0.189. The van der Waals surface area contributed by atoms with Crippen LogP contribution in [-0.2, 0) is 17.8 Å². The van der Waals surface area contributed by atoms with Gasteiger partial charge in [-0.25, -0.2) is 4.98 Å². The third-order valence-electron chi connectivity index (χ3n) is 5.06. The molecule has 4 heteroatoms. The molecule has 1 aliphatic carbocycles. The van der Waals surface area contributed by atoms with Crippen molar-refractivity contribution in [3.63, 3.8) is 0 Å². The van der Waals surface area contributed by atoms with Crippen LogP contribution < -0.4 is 0 Å². The fourth-order valence-corrected chi connectivity index (χ4v) is 3.69. The van der Waals surface area contributed by atoms with Gasteiger partial charge in [-0.2, -0.15) is 0 Å². The van der Waals surface area contributed by atoms with E-state index in [2.05, 4.69) is 33.8 Å². The molecule has 1 aliphatic rings. The average molecular weight is 319 g/mol. The minimum Gasteiger partial charge on any atom is -0.339 e. The molecule has 122 valence electrons. The highest BCUT2D eigenvalue weighted by Crippen LogP contribution is 2.35. The lowest BCUT2D eigenvalue weighted by Gasteiger charge is -2.25. The highest BCUT2D eigenvalue weighted by Gasteiger charge is 2.27. The van der Waals surface area contributed by atoms with E-state index in [1.54, 1.807) is 0 Å². The summed E-state index contributed by atoms with van der Waals surface area (Å²) in [5.74, 6) is 0.189. The highest BCUT2D eigenvalue weighted by molar-refractivity contribution is 5.78. The monoisotopic (exact) mass is 319 g/mol. The lowest BCUT2D eigenvalue weighted by molar-refractivity contribution is -0.132. The summed E-state index contributed by atoms with van der Waals surface area (Å²) in [6.45, 7) is 0.665. The topological polar surface area (TPSA) is 38.1 Å². The van der Waals surface area contributed by atoms with E-state index in [-0.39, 0.29) is 11.9 Å². The molecule has 1 amide bonds. The molecule has 0 saturated carbocycles. The smallest absolute Gasteiger partial charge is 0.224 e. The molecule has 3 aromatic rings. The van der Waals surface area contributed by atoms with Crippen LogP contribution in [0.25, 0.3) is 11.0 Å². The van der Waals surface area contributed by atoms with Crippen LogP contribution in [0.4, 0.5) is 0 Å². The van der Waals surface area contributed by atoms with Crippen LogP contribution in [0.15, 0.2) is 54.9 Å². The second-order valence-corrected chi connectivity index (χ2v) is 6.43. The van der Waals surface area contributed by atoms with Crippen LogP contribution in [0.2, 0.25) is 0 Å². The Balaban J connectivity index is 1.45. The summed E-state index contributed by atoms with van der Waals surface area (Å²) in [5.41, 5.74) is 4.74. The van der Waals surface area contributed by atoms with E-state index >= 15 is 0 Å². The fourth-order valence-electron chi connectivity index (χ4n) is 3.69. The number of carbonyl (C=O) groups excluding carboxylic acids is 1. The zero-order valence-corrected chi connectivity index (χ0v) is 13.9. The van der Waals surface area contributed by atoms with Gasteiger partial charge in [-0.15, -0.1) is 0 Å². The largest absolute Gasteiger partial charge is 0.339 e. The zero-order valence-electron chi connectivity index (χ0n) is 13.9. The standard InChI is InChI=1S/C20H21N3O/c1-22(18-11-10-15-6-2-3-7-16(15)18)20(24)12-13-23-14-21-17-8-4-5-9-19(17)23/h2-9,14,18H,10-13H2,1H3. The van der Waals surface area contributed by atoms with Gasteiger partial charge in [0.2, 0.25) is 5.91 Å². The summed E-state index contributed by atoms with van der Waals surface area (Å²) in [5, 5.41) is 0. The zero-order chi connectivity index (χ0) is 16.5. The Labute approximate surface area is 141 Å². The first-order valence-electron chi connectivity index (χ1n) is 8.47. The second kappa shape index (κ2) is 6.11. The SMILES string of the molecule is CN(C(=O)CCn1cnc2ccccc21)C1CCc2ccccc21. The first-order valence-corrected chi connectivity index (χ1v) is 8.47. The number of benzene rings is 2. The van der Waals surface area contributed by atoms with Crippen molar-refractivity contribution in [1.82, 2.24) is 14.5 Å². The van der Waals surface area contributed by atoms with Gasteiger partial charge in [-0.3, -0.25) is 4.79 Å². The van der Waals surface area contributed by atoms with Crippen LogP contribution in [0.5, 0.6) is 0 Å². The Morgan fingerprint density at radius 3 is 2.92 bits per heavy atom. The summed E-state index contributed by atoms with van der Waals surface area (Å²) in [7, 11) is 1.93. The Morgan fingerprint density at radius 2 is 2.00 bits per heavy atom. The predicted molar refractivity (Wildman–Crippen MR) is 94.6 cm³/mol. The fraction of sp³-hybridized carbons (Fsp3) is 0.300. The molecule has 24 heavy (non-hydrogen) atoms. The number of imidazole rings is 1. The van der Waals surface area contributed by atoms with Gasteiger partial charge in [0.25, 0.3) is 0 Å². The first kappa shape index (κ1) is 14.9. The molecular formula is C20H21N3O. The van der Waals surface area contributed by atoms with Crippen LogP contribution in [-0.4, -0.2) is 27.4 Å². The van der Waals surface area contributed by atoms with Crippen molar-refractivity contribution in [2.24, 2.45) is 0 Å². The molecule has 1 atom stereocenters. The molecule has 4 rings (SSSR count). The van der Waals surface area contributed by atoms with Crippen molar-refractivity contribution in [1.29, 1.82) is 0 Å². The number of aryl methyl sites for hydroxylation is 2. The third kappa shape index (κ3) is 2.58. The predicted octanol–water partition coefficient (Wildman–Crippen LogP) is 3.57. The molecule has 0 spiro atoms. The molecule has 0 saturated heterocycles. The molecule has 4 nitrogen and oxygen atoms in total. The Hall–Kier alpha value is -2.62. The number of nitrogens with zero attached hydrogens (tertiary/aromatic N) is 3. The number of hydrogen-bond acceptors (Lipinski definition) is 2. The van der Waals surface area contributed by atoms with Crippen molar-refractivity contribution in [3.05, 3.63) is 66.0 Å². The van der Waals surface area contributed by atoms with Gasteiger partial charge in [0, 0.05) is 20.0 Å². The van der Waals surface area contributed by atoms with Crippen molar-refractivity contribution in [3.8, 4) is 0 Å². The van der Waals surface area contributed by atoms with E-state index < -0.39 is 0 Å². The van der Waals surface area contributed by atoms with Crippen molar-refractivity contribution in [2.45, 2.75) is 31.8 Å². The molecule has 0 fully saturated rings. The van der Waals surface area contributed by atoms with Gasteiger partial charge in [0.1, 0.15) is 0 Å². The van der Waals surface area contributed by atoms with Gasteiger partial charge >= 0.3 is 0 Å². The van der Waals surface area contributed by atoms with Crippen molar-refractivity contribution < 1.29 is 4.79 Å². The summed E-state index contributed by atoms with van der Waals surface area (Å²) >= 11 is 0. The van der Waals surface area contributed by atoms with Crippen LogP contribution in [0.3, 0.4) is 0 Å². The molecule has 1 unspecified atom stereocenters. The number of rotatable bonds is 4.